The number of hydrogen-bond acceptors (Lipinski definition) is 5. The van der Waals surface area contributed by atoms with E-state index in [4.69, 9.17) is 27.9 Å². The number of ether oxygens (including phenoxy) is 1. The predicted molar refractivity (Wildman–Crippen MR) is 69.9 cm³/mol. The molecule has 2 heterocycles. The number of sulfonamides is 1. The van der Waals surface area contributed by atoms with E-state index in [1.165, 1.54) is 6.07 Å². The van der Waals surface area contributed by atoms with Crippen LogP contribution in [0.1, 0.15) is 6.42 Å². The molecular formula is C9H11Cl2NO4S2. The monoisotopic (exact) mass is 331 g/mol. The average molecular weight is 332 g/mol. The van der Waals surface area contributed by atoms with Gasteiger partial charge in [-0.2, -0.15) is 0 Å². The van der Waals surface area contributed by atoms with Gasteiger partial charge in [-0.05, 0) is 6.07 Å². The molecule has 1 aliphatic heterocycles. The number of thiophene rings is 1. The molecule has 0 saturated carbocycles. The summed E-state index contributed by atoms with van der Waals surface area (Å²) in [6, 6.07) is 1.28. The first-order valence-corrected chi connectivity index (χ1v) is 8.13. The molecule has 1 aromatic heterocycles. The van der Waals surface area contributed by atoms with E-state index in [9.17, 15) is 13.5 Å². The summed E-state index contributed by atoms with van der Waals surface area (Å²) in [5.74, 6) is 0. The van der Waals surface area contributed by atoms with Crippen molar-refractivity contribution in [3.63, 3.8) is 0 Å². The molecule has 1 fully saturated rings. The van der Waals surface area contributed by atoms with Gasteiger partial charge in [-0.3, -0.25) is 0 Å². The third-order valence-electron chi connectivity index (χ3n) is 2.59. The van der Waals surface area contributed by atoms with Gasteiger partial charge in [0, 0.05) is 19.6 Å². The smallest absolute Gasteiger partial charge is 0.243 e. The van der Waals surface area contributed by atoms with Crippen LogP contribution in [-0.4, -0.2) is 38.9 Å². The first-order chi connectivity index (χ1) is 8.32. The minimum atomic E-state index is -3.77. The molecule has 0 spiro atoms. The maximum Gasteiger partial charge on any atom is 0.243 e. The molecule has 1 atom stereocenters. The van der Waals surface area contributed by atoms with Gasteiger partial charge in [0.15, 0.2) is 0 Å². The van der Waals surface area contributed by atoms with Crippen molar-refractivity contribution in [3.05, 3.63) is 14.7 Å². The topological polar surface area (TPSA) is 75.6 Å². The molecule has 1 unspecified atom stereocenters. The van der Waals surface area contributed by atoms with Crippen LogP contribution in [0, 0.1) is 0 Å². The van der Waals surface area contributed by atoms with E-state index < -0.39 is 15.6 Å². The Bertz CT molecular complexity index is 537. The van der Waals surface area contributed by atoms with E-state index in [2.05, 4.69) is 4.72 Å². The number of rotatable bonds is 4. The Morgan fingerprint density at radius 3 is 2.78 bits per heavy atom. The van der Waals surface area contributed by atoms with Gasteiger partial charge in [-0.1, -0.05) is 23.2 Å². The van der Waals surface area contributed by atoms with E-state index in [1.54, 1.807) is 0 Å². The lowest BCUT2D eigenvalue weighted by Gasteiger charge is -2.20. The Morgan fingerprint density at radius 2 is 2.28 bits per heavy atom. The predicted octanol–water partition coefficient (Wildman–Crippen LogP) is 1.48. The number of halogens is 2. The highest BCUT2D eigenvalue weighted by molar-refractivity contribution is 7.89. The quantitative estimate of drug-likeness (QED) is 0.876. The second-order valence-electron chi connectivity index (χ2n) is 4.04. The molecular weight excluding hydrogens is 321 g/mol. The molecule has 9 heteroatoms. The molecule has 1 aromatic rings. The molecule has 0 amide bonds. The van der Waals surface area contributed by atoms with Crippen LogP contribution in [0.5, 0.6) is 0 Å². The molecule has 0 bridgehead atoms. The van der Waals surface area contributed by atoms with Crippen molar-refractivity contribution in [2.24, 2.45) is 0 Å². The third kappa shape index (κ3) is 3.16. The van der Waals surface area contributed by atoms with Gasteiger partial charge in [0.1, 0.15) is 14.8 Å². The fourth-order valence-electron chi connectivity index (χ4n) is 1.55. The zero-order valence-corrected chi connectivity index (χ0v) is 12.3. The summed E-state index contributed by atoms with van der Waals surface area (Å²) in [5.41, 5.74) is -1.15. The Balaban J connectivity index is 2.10. The highest BCUT2D eigenvalue weighted by Gasteiger charge is 2.34. The largest absolute Gasteiger partial charge is 0.386 e. The molecule has 0 aromatic carbocycles. The Kier molecular flexibility index (Phi) is 4.23. The lowest BCUT2D eigenvalue weighted by Crippen LogP contribution is -2.43. The van der Waals surface area contributed by atoms with Crippen LogP contribution in [0.15, 0.2) is 11.0 Å². The molecule has 2 N–H and O–H groups in total. The molecule has 2 rings (SSSR count). The molecule has 18 heavy (non-hydrogen) atoms. The standard InChI is InChI=1S/C9H11Cl2NO4S2/c10-7-3-6(8(11)17-7)18(14,15)12-4-9(13)1-2-16-5-9/h3,12-13H,1-2,4-5H2. The first kappa shape index (κ1) is 14.5. The lowest BCUT2D eigenvalue weighted by molar-refractivity contribution is 0.0314. The Morgan fingerprint density at radius 1 is 1.56 bits per heavy atom. The molecule has 5 nitrogen and oxygen atoms in total. The van der Waals surface area contributed by atoms with Crippen molar-refractivity contribution in [1.82, 2.24) is 4.72 Å². The van der Waals surface area contributed by atoms with Gasteiger partial charge in [-0.25, -0.2) is 13.1 Å². The van der Waals surface area contributed by atoms with E-state index in [0.29, 0.717) is 17.4 Å². The molecule has 0 radical (unpaired) electrons. The summed E-state index contributed by atoms with van der Waals surface area (Å²) in [6.07, 6.45) is 0.396. The first-order valence-electron chi connectivity index (χ1n) is 5.07. The zero-order chi connectivity index (χ0) is 13.4. The van der Waals surface area contributed by atoms with Crippen molar-refractivity contribution in [3.8, 4) is 0 Å². The van der Waals surface area contributed by atoms with Crippen LogP contribution in [0.3, 0.4) is 0 Å². The minimum Gasteiger partial charge on any atom is -0.386 e. The summed E-state index contributed by atoms with van der Waals surface area (Å²) >= 11 is 12.5. The molecule has 0 aliphatic carbocycles. The van der Waals surface area contributed by atoms with Gasteiger partial charge in [0.25, 0.3) is 0 Å². The second kappa shape index (κ2) is 5.24. The van der Waals surface area contributed by atoms with Gasteiger partial charge in [-0.15, -0.1) is 11.3 Å². The molecule has 1 aliphatic rings. The number of aliphatic hydroxyl groups is 1. The Labute approximate surface area is 119 Å². The summed E-state index contributed by atoms with van der Waals surface area (Å²) in [4.78, 5) is -0.0679. The van der Waals surface area contributed by atoms with Crippen LogP contribution in [0.25, 0.3) is 0 Å². The highest BCUT2D eigenvalue weighted by atomic mass is 35.5. The summed E-state index contributed by atoms with van der Waals surface area (Å²) < 4.78 is 31.7. The summed E-state index contributed by atoms with van der Waals surface area (Å²) in [7, 11) is -3.77. The van der Waals surface area contributed by atoms with Crippen LogP contribution in [0.2, 0.25) is 8.67 Å². The molecule has 1 saturated heterocycles. The van der Waals surface area contributed by atoms with Crippen molar-refractivity contribution in [1.29, 1.82) is 0 Å². The van der Waals surface area contributed by atoms with Gasteiger partial charge in [0.2, 0.25) is 10.0 Å². The number of nitrogens with one attached hydrogen (secondary N) is 1. The SMILES string of the molecule is O=S(=O)(NCC1(O)CCOC1)c1cc(Cl)sc1Cl. The van der Waals surface area contributed by atoms with E-state index in [1.807, 2.05) is 0 Å². The van der Waals surface area contributed by atoms with Gasteiger partial charge >= 0.3 is 0 Å². The third-order valence-corrected chi connectivity index (χ3v) is 5.74. The minimum absolute atomic E-state index is 0.0679. The second-order valence-corrected chi connectivity index (χ2v) is 8.06. The van der Waals surface area contributed by atoms with E-state index in [0.717, 1.165) is 11.3 Å². The summed E-state index contributed by atoms with van der Waals surface area (Å²) in [5, 5.41) is 9.97. The fraction of sp³-hybridized carbons (Fsp3) is 0.556. The average Bonchev–Trinajstić information content (AvgIpc) is 2.84. The van der Waals surface area contributed by atoms with Crippen molar-refractivity contribution in [2.75, 3.05) is 19.8 Å². The van der Waals surface area contributed by atoms with E-state index in [-0.39, 0.29) is 22.4 Å². The van der Waals surface area contributed by atoms with Crippen LogP contribution < -0.4 is 4.72 Å². The fourth-order valence-corrected chi connectivity index (χ4v) is 4.82. The maximum atomic E-state index is 12.0. The normalized spacial score (nSPS) is 24.6. The highest BCUT2D eigenvalue weighted by Crippen LogP contribution is 2.34. The van der Waals surface area contributed by atoms with Crippen molar-refractivity contribution >= 4 is 44.6 Å². The van der Waals surface area contributed by atoms with Gasteiger partial charge in [0.05, 0.1) is 10.9 Å². The van der Waals surface area contributed by atoms with Gasteiger partial charge < -0.3 is 9.84 Å². The van der Waals surface area contributed by atoms with Crippen molar-refractivity contribution in [2.45, 2.75) is 16.9 Å². The summed E-state index contributed by atoms with van der Waals surface area (Å²) in [6.45, 7) is 0.427. The maximum absolute atomic E-state index is 12.0. The molecule has 102 valence electrons. The van der Waals surface area contributed by atoms with Crippen LogP contribution in [-0.2, 0) is 14.8 Å². The zero-order valence-electron chi connectivity index (χ0n) is 9.15. The van der Waals surface area contributed by atoms with Crippen molar-refractivity contribution < 1.29 is 18.3 Å². The van der Waals surface area contributed by atoms with E-state index >= 15 is 0 Å². The Hall–Kier alpha value is 0.110. The number of hydrogen-bond donors (Lipinski definition) is 2. The van der Waals surface area contributed by atoms with Crippen LogP contribution >= 0.6 is 34.5 Å². The lowest BCUT2D eigenvalue weighted by atomic mass is 10.1. The van der Waals surface area contributed by atoms with Crippen LogP contribution in [0.4, 0.5) is 0 Å².